The molecule has 1 aromatic heterocycles. The van der Waals surface area contributed by atoms with E-state index >= 15 is 0 Å². The van der Waals surface area contributed by atoms with Crippen LogP contribution in [0.25, 0.3) is 0 Å². The number of hydrogen-bond donors (Lipinski definition) is 2. The summed E-state index contributed by atoms with van der Waals surface area (Å²) in [5.74, 6) is 0.772. The minimum Gasteiger partial charge on any atom is -0.475 e. The van der Waals surface area contributed by atoms with Gasteiger partial charge in [0, 0.05) is 34.4 Å². The summed E-state index contributed by atoms with van der Waals surface area (Å²) in [4.78, 5) is 10.7. The first-order valence-electron chi connectivity index (χ1n) is 5.43. The van der Waals surface area contributed by atoms with Crippen LogP contribution >= 0.6 is 0 Å². The van der Waals surface area contributed by atoms with E-state index in [1.54, 1.807) is 13.0 Å². The maximum atomic E-state index is 11.1. The Morgan fingerprint density at radius 1 is 1.59 bits per heavy atom. The zero-order valence-corrected chi connectivity index (χ0v) is 10.8. The summed E-state index contributed by atoms with van der Waals surface area (Å²) >= 11 is 0. The van der Waals surface area contributed by atoms with Gasteiger partial charge in [0.05, 0.1) is 6.54 Å². The van der Waals surface area contributed by atoms with Crippen molar-refractivity contribution >= 4 is 16.8 Å². The molecule has 5 nitrogen and oxygen atoms in total. The second kappa shape index (κ2) is 6.56. The molecule has 2 N–H and O–H groups in total. The Kier molecular flexibility index (Phi) is 5.37. The topological polar surface area (TPSA) is 79.5 Å². The highest BCUT2D eigenvalue weighted by atomic mass is 32.2. The Morgan fingerprint density at radius 2 is 2.29 bits per heavy atom. The number of carboxylic acid groups (broad SMARTS) is 1. The fourth-order valence-electron chi connectivity index (χ4n) is 1.39. The number of aryl methyl sites for hydroxylation is 1. The molecule has 0 saturated carbocycles. The SMILES string of the molecule is CCS(=O)CCNCc1cc(C)c(C(=O)O)o1. The van der Waals surface area contributed by atoms with Crippen LogP contribution in [0.1, 0.15) is 28.8 Å². The van der Waals surface area contributed by atoms with Crippen LogP contribution in [0.2, 0.25) is 0 Å². The van der Waals surface area contributed by atoms with Gasteiger partial charge in [-0.1, -0.05) is 6.92 Å². The van der Waals surface area contributed by atoms with Crippen LogP contribution in [0.3, 0.4) is 0 Å². The van der Waals surface area contributed by atoms with Crippen molar-refractivity contribution in [3.63, 3.8) is 0 Å². The minimum atomic E-state index is -1.05. The van der Waals surface area contributed by atoms with Crippen LogP contribution in [0, 0.1) is 6.92 Å². The molecule has 0 spiro atoms. The third-order valence-corrected chi connectivity index (χ3v) is 3.59. The van der Waals surface area contributed by atoms with Gasteiger partial charge in [-0.15, -0.1) is 0 Å². The Labute approximate surface area is 103 Å². The summed E-state index contributed by atoms with van der Waals surface area (Å²) in [5, 5.41) is 11.9. The highest BCUT2D eigenvalue weighted by Crippen LogP contribution is 2.14. The van der Waals surface area contributed by atoms with E-state index in [0.29, 0.717) is 35.9 Å². The molecule has 1 rings (SSSR count). The largest absolute Gasteiger partial charge is 0.475 e. The van der Waals surface area contributed by atoms with Crippen molar-refractivity contribution < 1.29 is 18.5 Å². The second-order valence-corrected chi connectivity index (χ2v) is 5.50. The molecule has 0 bridgehead atoms. The molecule has 1 aromatic rings. The molecule has 0 aromatic carbocycles. The van der Waals surface area contributed by atoms with E-state index < -0.39 is 16.8 Å². The van der Waals surface area contributed by atoms with Crippen LogP contribution in [0.4, 0.5) is 0 Å². The van der Waals surface area contributed by atoms with Gasteiger partial charge < -0.3 is 14.8 Å². The molecule has 1 heterocycles. The van der Waals surface area contributed by atoms with Gasteiger partial charge >= 0.3 is 5.97 Å². The van der Waals surface area contributed by atoms with E-state index in [0.717, 1.165) is 0 Å². The Bertz CT molecular complexity index is 414. The predicted octanol–water partition coefficient (Wildman–Crippen LogP) is 1.14. The Morgan fingerprint density at radius 3 is 2.82 bits per heavy atom. The second-order valence-electron chi connectivity index (χ2n) is 3.64. The van der Waals surface area contributed by atoms with Gasteiger partial charge in [-0.25, -0.2) is 4.79 Å². The molecule has 0 amide bonds. The zero-order valence-electron chi connectivity index (χ0n) is 9.99. The van der Waals surface area contributed by atoms with E-state index in [9.17, 15) is 9.00 Å². The first kappa shape index (κ1) is 13.9. The molecule has 0 radical (unpaired) electrons. The highest BCUT2D eigenvalue weighted by molar-refractivity contribution is 7.84. The normalized spacial score (nSPS) is 12.6. The standard InChI is InChI=1S/C11H17NO4S/c1-3-17(15)5-4-12-7-9-6-8(2)10(16-9)11(13)14/h6,12H,3-5,7H2,1-2H3,(H,13,14). The number of furan rings is 1. The third-order valence-electron chi connectivity index (χ3n) is 2.29. The number of carbonyl (C=O) groups is 1. The molecule has 17 heavy (non-hydrogen) atoms. The Balaban J connectivity index is 2.40. The van der Waals surface area contributed by atoms with Crippen molar-refractivity contribution in [1.82, 2.24) is 5.32 Å². The first-order chi connectivity index (χ1) is 8.04. The molecular formula is C11H17NO4S. The fourth-order valence-corrected chi connectivity index (χ4v) is 2.05. The average molecular weight is 259 g/mol. The van der Waals surface area contributed by atoms with Crippen LogP contribution in [-0.2, 0) is 17.3 Å². The maximum Gasteiger partial charge on any atom is 0.372 e. The van der Waals surface area contributed by atoms with Crippen LogP contribution in [0.15, 0.2) is 10.5 Å². The smallest absolute Gasteiger partial charge is 0.372 e. The Hall–Kier alpha value is -1.14. The average Bonchev–Trinajstić information content (AvgIpc) is 2.65. The summed E-state index contributed by atoms with van der Waals surface area (Å²) in [6.07, 6.45) is 0. The summed E-state index contributed by atoms with van der Waals surface area (Å²) in [6, 6.07) is 1.70. The molecule has 0 aliphatic heterocycles. The van der Waals surface area contributed by atoms with E-state index in [4.69, 9.17) is 9.52 Å². The number of rotatable bonds is 7. The molecule has 0 saturated heterocycles. The molecule has 0 aliphatic rings. The highest BCUT2D eigenvalue weighted by Gasteiger charge is 2.13. The van der Waals surface area contributed by atoms with Gasteiger partial charge in [-0.05, 0) is 13.0 Å². The van der Waals surface area contributed by atoms with Crippen LogP contribution in [0.5, 0.6) is 0 Å². The lowest BCUT2D eigenvalue weighted by Gasteiger charge is -2.01. The van der Waals surface area contributed by atoms with E-state index in [1.165, 1.54) is 0 Å². The van der Waals surface area contributed by atoms with Crippen molar-refractivity contribution in [2.75, 3.05) is 18.1 Å². The van der Waals surface area contributed by atoms with Gasteiger partial charge in [0.25, 0.3) is 0 Å². The van der Waals surface area contributed by atoms with Gasteiger partial charge in [0.15, 0.2) is 0 Å². The maximum absolute atomic E-state index is 11.1. The lowest BCUT2D eigenvalue weighted by atomic mass is 10.2. The molecule has 0 fully saturated rings. The molecule has 1 unspecified atom stereocenters. The van der Waals surface area contributed by atoms with Crippen molar-refractivity contribution in [3.05, 3.63) is 23.2 Å². The van der Waals surface area contributed by atoms with Gasteiger partial charge in [-0.3, -0.25) is 4.21 Å². The predicted molar refractivity (Wildman–Crippen MR) is 65.7 cm³/mol. The number of aromatic carboxylic acids is 1. The van der Waals surface area contributed by atoms with E-state index in [2.05, 4.69) is 5.32 Å². The van der Waals surface area contributed by atoms with Crippen molar-refractivity contribution in [2.24, 2.45) is 0 Å². The van der Waals surface area contributed by atoms with Crippen molar-refractivity contribution in [1.29, 1.82) is 0 Å². The first-order valence-corrected chi connectivity index (χ1v) is 6.91. The molecule has 0 aliphatic carbocycles. The quantitative estimate of drug-likeness (QED) is 0.718. The lowest BCUT2D eigenvalue weighted by Crippen LogP contribution is -2.20. The number of hydrogen-bond acceptors (Lipinski definition) is 4. The zero-order chi connectivity index (χ0) is 12.8. The molecular weight excluding hydrogens is 242 g/mol. The lowest BCUT2D eigenvalue weighted by molar-refractivity contribution is 0.0659. The summed E-state index contributed by atoms with van der Waals surface area (Å²) in [7, 11) is -0.779. The third kappa shape index (κ3) is 4.32. The molecule has 6 heteroatoms. The van der Waals surface area contributed by atoms with Gasteiger partial charge in [0.2, 0.25) is 5.76 Å². The number of nitrogens with one attached hydrogen (secondary N) is 1. The fraction of sp³-hybridized carbons (Fsp3) is 0.545. The van der Waals surface area contributed by atoms with Crippen LogP contribution in [-0.4, -0.2) is 33.3 Å². The monoisotopic (exact) mass is 259 g/mol. The molecule has 1 atom stereocenters. The van der Waals surface area contributed by atoms with Gasteiger partial charge in [0.1, 0.15) is 5.76 Å². The summed E-state index contributed by atoms with van der Waals surface area (Å²) in [5.41, 5.74) is 0.617. The van der Waals surface area contributed by atoms with Crippen LogP contribution < -0.4 is 5.32 Å². The molecule has 96 valence electrons. The minimum absolute atomic E-state index is 0.0149. The van der Waals surface area contributed by atoms with Crippen molar-refractivity contribution in [2.45, 2.75) is 20.4 Å². The summed E-state index contributed by atoms with van der Waals surface area (Å²) in [6.45, 7) is 4.66. The van der Waals surface area contributed by atoms with E-state index in [-0.39, 0.29) is 5.76 Å². The summed E-state index contributed by atoms with van der Waals surface area (Å²) < 4.78 is 16.3. The van der Waals surface area contributed by atoms with Gasteiger partial charge in [-0.2, -0.15) is 0 Å². The number of carboxylic acids is 1. The van der Waals surface area contributed by atoms with Crippen molar-refractivity contribution in [3.8, 4) is 0 Å². The van der Waals surface area contributed by atoms with E-state index in [1.807, 2.05) is 6.92 Å².